The fraction of sp³-hybridized carbons (Fsp3) is 0.667. The Kier molecular flexibility index (Phi) is 4.26. The fourth-order valence-corrected chi connectivity index (χ4v) is 2.63. The second-order valence-electron chi connectivity index (χ2n) is 6.45. The van der Waals surface area contributed by atoms with Gasteiger partial charge in [0, 0.05) is 44.0 Å². The molecule has 0 radical (unpaired) electrons. The SMILES string of the molecule is CN(C(=O)C(C)(C)C)C1CCN(c2cnccn2)CC1. The van der Waals surface area contributed by atoms with Crippen LogP contribution >= 0.6 is 0 Å². The minimum Gasteiger partial charge on any atom is -0.355 e. The molecular weight excluding hydrogens is 252 g/mol. The van der Waals surface area contributed by atoms with Crippen molar-refractivity contribution >= 4 is 11.7 Å². The van der Waals surface area contributed by atoms with Crippen molar-refractivity contribution in [1.82, 2.24) is 14.9 Å². The molecule has 1 aromatic heterocycles. The van der Waals surface area contributed by atoms with Gasteiger partial charge in [-0.25, -0.2) is 4.98 Å². The molecule has 0 aliphatic carbocycles. The molecule has 0 atom stereocenters. The first-order chi connectivity index (χ1) is 9.39. The number of piperidine rings is 1. The Bertz CT molecular complexity index is 447. The summed E-state index contributed by atoms with van der Waals surface area (Å²) < 4.78 is 0. The Morgan fingerprint density at radius 2 is 1.95 bits per heavy atom. The Labute approximate surface area is 121 Å². The Morgan fingerprint density at radius 3 is 2.45 bits per heavy atom. The summed E-state index contributed by atoms with van der Waals surface area (Å²) in [5.41, 5.74) is -0.309. The Hall–Kier alpha value is -1.65. The molecule has 1 fully saturated rings. The molecule has 1 aliphatic heterocycles. The Balaban J connectivity index is 1.93. The standard InChI is InChI=1S/C15H24N4O/c1-15(2,3)14(20)18(4)12-5-9-19(10-6-12)13-11-16-7-8-17-13/h7-8,11-12H,5-6,9-10H2,1-4H3. The molecule has 110 valence electrons. The van der Waals surface area contributed by atoms with Crippen LogP contribution in [0.3, 0.4) is 0 Å². The van der Waals surface area contributed by atoms with Crippen LogP contribution in [-0.2, 0) is 4.79 Å². The van der Waals surface area contributed by atoms with E-state index in [1.165, 1.54) is 0 Å². The lowest BCUT2D eigenvalue weighted by molar-refractivity contribution is -0.140. The van der Waals surface area contributed by atoms with Crippen molar-refractivity contribution in [2.75, 3.05) is 25.0 Å². The van der Waals surface area contributed by atoms with Crippen LogP contribution in [0.5, 0.6) is 0 Å². The van der Waals surface area contributed by atoms with Gasteiger partial charge >= 0.3 is 0 Å². The first kappa shape index (κ1) is 14.8. The number of amides is 1. The Morgan fingerprint density at radius 1 is 1.30 bits per heavy atom. The van der Waals surface area contributed by atoms with E-state index in [9.17, 15) is 4.79 Å². The van der Waals surface area contributed by atoms with Gasteiger partial charge in [0.15, 0.2) is 0 Å². The van der Waals surface area contributed by atoms with E-state index in [1.54, 1.807) is 18.6 Å². The first-order valence-corrected chi connectivity index (χ1v) is 7.18. The smallest absolute Gasteiger partial charge is 0.227 e. The molecule has 0 unspecified atom stereocenters. The van der Waals surface area contributed by atoms with Gasteiger partial charge in [0.1, 0.15) is 5.82 Å². The minimum atomic E-state index is -0.309. The third-order valence-corrected chi connectivity index (χ3v) is 3.85. The van der Waals surface area contributed by atoms with Crippen LogP contribution in [0.15, 0.2) is 18.6 Å². The van der Waals surface area contributed by atoms with Crippen molar-refractivity contribution < 1.29 is 4.79 Å². The van der Waals surface area contributed by atoms with E-state index >= 15 is 0 Å². The molecular formula is C15H24N4O. The molecule has 0 N–H and O–H groups in total. The number of aromatic nitrogens is 2. The third-order valence-electron chi connectivity index (χ3n) is 3.85. The summed E-state index contributed by atoms with van der Waals surface area (Å²) in [6, 6.07) is 0.328. The molecule has 1 saturated heterocycles. The van der Waals surface area contributed by atoms with Crippen LogP contribution in [0.4, 0.5) is 5.82 Å². The predicted molar refractivity (Wildman–Crippen MR) is 79.5 cm³/mol. The number of hydrogen-bond acceptors (Lipinski definition) is 4. The van der Waals surface area contributed by atoms with Crippen molar-refractivity contribution in [3.63, 3.8) is 0 Å². The molecule has 5 heteroatoms. The van der Waals surface area contributed by atoms with E-state index in [1.807, 2.05) is 32.7 Å². The highest BCUT2D eigenvalue weighted by molar-refractivity contribution is 5.81. The van der Waals surface area contributed by atoms with Crippen LogP contribution in [0, 0.1) is 5.41 Å². The van der Waals surface area contributed by atoms with E-state index in [0.717, 1.165) is 31.7 Å². The molecule has 2 heterocycles. The average molecular weight is 276 g/mol. The van der Waals surface area contributed by atoms with Crippen LogP contribution in [-0.4, -0.2) is 47.0 Å². The molecule has 1 aliphatic rings. The minimum absolute atomic E-state index is 0.218. The number of nitrogens with zero attached hydrogens (tertiary/aromatic N) is 4. The highest BCUT2D eigenvalue weighted by Crippen LogP contribution is 2.24. The molecule has 1 amide bonds. The highest BCUT2D eigenvalue weighted by atomic mass is 16.2. The molecule has 5 nitrogen and oxygen atoms in total. The van der Waals surface area contributed by atoms with Gasteiger partial charge in [-0.1, -0.05) is 20.8 Å². The van der Waals surface area contributed by atoms with E-state index in [2.05, 4.69) is 14.9 Å². The summed E-state index contributed by atoms with van der Waals surface area (Å²) in [5.74, 6) is 1.14. The number of carbonyl (C=O) groups excluding carboxylic acids is 1. The molecule has 1 aromatic rings. The zero-order chi connectivity index (χ0) is 14.8. The normalized spacial score (nSPS) is 17.1. The zero-order valence-electron chi connectivity index (χ0n) is 12.8. The lowest BCUT2D eigenvalue weighted by atomic mass is 9.93. The zero-order valence-corrected chi connectivity index (χ0v) is 12.8. The maximum Gasteiger partial charge on any atom is 0.227 e. The first-order valence-electron chi connectivity index (χ1n) is 7.18. The number of hydrogen-bond donors (Lipinski definition) is 0. The van der Waals surface area contributed by atoms with E-state index in [0.29, 0.717) is 6.04 Å². The number of anilines is 1. The maximum atomic E-state index is 12.3. The molecule has 0 saturated carbocycles. The van der Waals surface area contributed by atoms with Crippen molar-refractivity contribution in [2.45, 2.75) is 39.7 Å². The summed E-state index contributed by atoms with van der Waals surface area (Å²) in [4.78, 5) is 24.9. The summed E-state index contributed by atoms with van der Waals surface area (Å²) >= 11 is 0. The van der Waals surface area contributed by atoms with Gasteiger partial charge in [-0.05, 0) is 12.8 Å². The second kappa shape index (κ2) is 5.77. The van der Waals surface area contributed by atoms with E-state index < -0.39 is 0 Å². The number of carbonyl (C=O) groups is 1. The van der Waals surface area contributed by atoms with Gasteiger partial charge in [0.2, 0.25) is 5.91 Å². The molecule has 0 aromatic carbocycles. The van der Waals surface area contributed by atoms with E-state index in [4.69, 9.17) is 0 Å². The third kappa shape index (κ3) is 3.26. The fourth-order valence-electron chi connectivity index (χ4n) is 2.63. The summed E-state index contributed by atoms with van der Waals surface area (Å²) in [6.45, 7) is 7.76. The predicted octanol–water partition coefficient (Wildman–Crippen LogP) is 1.95. The van der Waals surface area contributed by atoms with Gasteiger partial charge in [-0.3, -0.25) is 9.78 Å². The number of rotatable bonds is 2. The monoisotopic (exact) mass is 276 g/mol. The highest BCUT2D eigenvalue weighted by Gasteiger charge is 2.31. The topological polar surface area (TPSA) is 49.3 Å². The molecule has 2 rings (SSSR count). The summed E-state index contributed by atoms with van der Waals surface area (Å²) in [6.07, 6.45) is 7.16. The average Bonchev–Trinajstić information content (AvgIpc) is 2.46. The molecule has 20 heavy (non-hydrogen) atoms. The largest absolute Gasteiger partial charge is 0.355 e. The van der Waals surface area contributed by atoms with Crippen LogP contribution in [0.2, 0.25) is 0 Å². The van der Waals surface area contributed by atoms with Gasteiger partial charge in [0.05, 0.1) is 6.20 Å². The molecule has 0 bridgehead atoms. The van der Waals surface area contributed by atoms with Crippen molar-refractivity contribution in [2.24, 2.45) is 5.41 Å². The van der Waals surface area contributed by atoms with Gasteiger partial charge < -0.3 is 9.80 Å². The lowest BCUT2D eigenvalue weighted by Gasteiger charge is -2.39. The quantitative estimate of drug-likeness (QED) is 0.828. The van der Waals surface area contributed by atoms with Crippen LogP contribution < -0.4 is 4.90 Å². The summed E-state index contributed by atoms with van der Waals surface area (Å²) in [5, 5.41) is 0. The maximum absolute atomic E-state index is 12.3. The summed E-state index contributed by atoms with van der Waals surface area (Å²) in [7, 11) is 1.93. The van der Waals surface area contributed by atoms with Crippen molar-refractivity contribution in [3.8, 4) is 0 Å². The van der Waals surface area contributed by atoms with Gasteiger partial charge in [0.25, 0.3) is 0 Å². The van der Waals surface area contributed by atoms with E-state index in [-0.39, 0.29) is 11.3 Å². The van der Waals surface area contributed by atoms with Crippen LogP contribution in [0.25, 0.3) is 0 Å². The van der Waals surface area contributed by atoms with Gasteiger partial charge in [-0.15, -0.1) is 0 Å². The van der Waals surface area contributed by atoms with Gasteiger partial charge in [-0.2, -0.15) is 0 Å². The van der Waals surface area contributed by atoms with Crippen LogP contribution in [0.1, 0.15) is 33.6 Å². The lowest BCUT2D eigenvalue weighted by Crippen LogP contribution is -2.48. The van der Waals surface area contributed by atoms with Crippen molar-refractivity contribution in [3.05, 3.63) is 18.6 Å². The molecule has 0 spiro atoms. The van der Waals surface area contributed by atoms with Crippen molar-refractivity contribution in [1.29, 1.82) is 0 Å². The second-order valence-corrected chi connectivity index (χ2v) is 6.45.